The average Bonchev–Trinajstić information content (AvgIpc) is 2.07. The number of aromatic hydroxyl groups is 4. The van der Waals surface area contributed by atoms with Crippen molar-refractivity contribution in [3.8, 4) is 23.0 Å². The molecule has 0 heterocycles. The Balaban J connectivity index is 0.00000169. The maximum Gasteiger partial charge on any atom is 1.00 e. The van der Waals surface area contributed by atoms with Crippen LogP contribution in [0.1, 0.15) is 10.4 Å². The second-order valence-corrected chi connectivity index (χ2v) is 2.28. The first-order chi connectivity index (χ1) is 5.95. The zero-order chi connectivity index (χ0) is 10.2. The van der Waals surface area contributed by atoms with E-state index in [4.69, 9.17) is 20.4 Å². The van der Waals surface area contributed by atoms with Crippen LogP contribution in [0.5, 0.6) is 23.0 Å². The summed E-state index contributed by atoms with van der Waals surface area (Å²) in [5.74, 6) is -5.75. The third-order valence-corrected chi connectivity index (χ3v) is 1.45. The molecule has 0 aromatic heterocycles. The van der Waals surface area contributed by atoms with Gasteiger partial charge < -0.3 is 30.3 Å². The van der Waals surface area contributed by atoms with Gasteiger partial charge in [-0.3, -0.25) is 0 Å². The molecule has 6 nitrogen and oxygen atoms in total. The van der Waals surface area contributed by atoms with Crippen LogP contribution < -0.4 is 24.0 Å². The third kappa shape index (κ3) is 1.87. The summed E-state index contributed by atoms with van der Waals surface area (Å²) in [4.78, 5) is 10.3. The van der Waals surface area contributed by atoms with Crippen molar-refractivity contribution >= 4 is 5.97 Å². The molecule has 0 fully saturated rings. The molecule has 0 atom stereocenters. The first-order valence-electron chi connectivity index (χ1n) is 3.13. The molecular weight excluding hydrogens is 187 g/mol. The van der Waals surface area contributed by atoms with Crippen molar-refractivity contribution in [3.63, 3.8) is 0 Å². The molecule has 0 unspecified atom stereocenters. The second-order valence-electron chi connectivity index (χ2n) is 2.28. The van der Waals surface area contributed by atoms with Gasteiger partial charge in [0.25, 0.3) is 0 Å². The first kappa shape index (κ1) is 12.5. The van der Waals surface area contributed by atoms with Gasteiger partial charge in [0.2, 0.25) is 11.5 Å². The van der Waals surface area contributed by atoms with E-state index in [1.807, 2.05) is 0 Å². The zero-order valence-corrected chi connectivity index (χ0v) is 7.18. The van der Waals surface area contributed by atoms with Gasteiger partial charge in [-0.05, 0) is 6.07 Å². The monoisotopic (exact) mass is 192 g/mol. The van der Waals surface area contributed by atoms with E-state index >= 15 is 0 Å². The summed E-state index contributed by atoms with van der Waals surface area (Å²) in [6, 6.07) is 0.569. The fourth-order valence-electron chi connectivity index (χ4n) is 0.790. The van der Waals surface area contributed by atoms with Gasteiger partial charge in [-0.25, -0.2) is 0 Å². The number of benzene rings is 1. The molecule has 1 rings (SSSR count). The molecule has 1 aromatic rings. The quantitative estimate of drug-likeness (QED) is 0.204. The Bertz CT molecular complexity index is 375. The van der Waals surface area contributed by atoms with Gasteiger partial charge in [0.1, 0.15) is 0 Å². The molecule has 4 N–H and O–H groups in total. The minimum atomic E-state index is -1.77. The van der Waals surface area contributed by atoms with Crippen LogP contribution in [0.3, 0.4) is 0 Å². The Morgan fingerprint density at radius 2 is 1.57 bits per heavy atom. The molecule has 1 aromatic carbocycles. The largest absolute Gasteiger partial charge is 1.00 e. The molecule has 7 heteroatoms. The van der Waals surface area contributed by atoms with E-state index in [2.05, 4.69) is 0 Å². The van der Waals surface area contributed by atoms with Gasteiger partial charge >= 0.3 is 18.9 Å². The van der Waals surface area contributed by atoms with Gasteiger partial charge in [0.05, 0.1) is 5.97 Å². The average molecular weight is 192 g/mol. The van der Waals surface area contributed by atoms with Crippen LogP contribution in [0.15, 0.2) is 6.07 Å². The Morgan fingerprint density at radius 3 is 2.00 bits per heavy atom. The molecule has 0 radical (unpaired) electrons. The summed E-state index contributed by atoms with van der Waals surface area (Å²) in [5.41, 5.74) is -0.798. The predicted octanol–water partition coefficient (Wildman–Crippen LogP) is -4.12. The molecule has 0 bridgehead atoms. The molecule has 0 aliphatic carbocycles. The molecule has 0 aliphatic rings. The van der Waals surface area contributed by atoms with Crippen LogP contribution in [0.2, 0.25) is 0 Å². The van der Waals surface area contributed by atoms with Crippen LogP contribution in [0.4, 0.5) is 0 Å². The topological polar surface area (TPSA) is 121 Å². The number of carboxylic acids is 1. The summed E-state index contributed by atoms with van der Waals surface area (Å²) in [7, 11) is 0. The van der Waals surface area contributed by atoms with Crippen LogP contribution in [0.25, 0.3) is 0 Å². The fourth-order valence-corrected chi connectivity index (χ4v) is 0.790. The van der Waals surface area contributed by atoms with E-state index in [-0.39, 0.29) is 18.9 Å². The number of carbonyl (C=O) groups is 1. The summed E-state index contributed by atoms with van der Waals surface area (Å²) in [6.45, 7) is 0. The molecular formula is C7H5LiO6. The molecule has 70 valence electrons. The zero-order valence-electron chi connectivity index (χ0n) is 7.18. The summed E-state index contributed by atoms with van der Waals surface area (Å²) >= 11 is 0. The van der Waals surface area contributed by atoms with Crippen LogP contribution in [-0.4, -0.2) is 26.4 Å². The van der Waals surface area contributed by atoms with Gasteiger partial charge in [-0.2, -0.15) is 0 Å². The van der Waals surface area contributed by atoms with E-state index in [0.717, 1.165) is 0 Å². The Morgan fingerprint density at radius 1 is 1.07 bits per heavy atom. The van der Waals surface area contributed by atoms with Crippen molar-refractivity contribution in [2.75, 3.05) is 0 Å². The maximum atomic E-state index is 10.3. The van der Waals surface area contributed by atoms with Gasteiger partial charge in [0.15, 0.2) is 11.5 Å². The Labute approximate surface area is 90.2 Å². The van der Waals surface area contributed by atoms with E-state index in [9.17, 15) is 9.90 Å². The van der Waals surface area contributed by atoms with Gasteiger partial charge in [-0.15, -0.1) is 0 Å². The smallest absolute Gasteiger partial charge is 0.545 e. The van der Waals surface area contributed by atoms with Crippen molar-refractivity contribution in [2.45, 2.75) is 0 Å². The maximum absolute atomic E-state index is 10.3. The molecule has 0 spiro atoms. The number of rotatable bonds is 1. The van der Waals surface area contributed by atoms with Crippen LogP contribution >= 0.6 is 0 Å². The molecule has 0 saturated carbocycles. The van der Waals surface area contributed by atoms with Crippen LogP contribution in [-0.2, 0) is 0 Å². The van der Waals surface area contributed by atoms with Crippen molar-refractivity contribution < 1.29 is 49.2 Å². The molecule has 0 aliphatic heterocycles. The molecule has 0 amide bonds. The summed E-state index contributed by atoms with van der Waals surface area (Å²) in [5, 5.41) is 45.7. The van der Waals surface area contributed by atoms with Gasteiger partial charge in [-0.1, -0.05) is 0 Å². The third-order valence-electron chi connectivity index (χ3n) is 1.45. The van der Waals surface area contributed by atoms with E-state index in [1.165, 1.54) is 0 Å². The number of carboxylic acid groups (broad SMARTS) is 1. The number of phenols is 4. The SMILES string of the molecule is O=C([O-])c1cc(O)c(O)c(O)c1O.[Li+]. The molecule has 14 heavy (non-hydrogen) atoms. The van der Waals surface area contributed by atoms with Gasteiger partial charge in [0, 0.05) is 5.56 Å². The first-order valence-corrected chi connectivity index (χ1v) is 3.13. The number of phenolic OH excluding ortho intramolecular Hbond substituents is 3. The number of carbonyl (C=O) groups excluding carboxylic acids is 1. The van der Waals surface area contributed by atoms with Crippen molar-refractivity contribution in [1.82, 2.24) is 0 Å². The predicted molar refractivity (Wildman–Crippen MR) is 37.4 cm³/mol. The summed E-state index contributed by atoms with van der Waals surface area (Å²) < 4.78 is 0. The van der Waals surface area contributed by atoms with Crippen LogP contribution in [0, 0.1) is 0 Å². The van der Waals surface area contributed by atoms with Crippen molar-refractivity contribution in [1.29, 1.82) is 0 Å². The fraction of sp³-hybridized carbons (Fsp3) is 0. The Kier molecular flexibility index (Phi) is 3.69. The number of hydrogen-bond donors (Lipinski definition) is 4. The minimum Gasteiger partial charge on any atom is -0.545 e. The van der Waals surface area contributed by atoms with E-state index in [1.54, 1.807) is 0 Å². The summed E-state index contributed by atoms with van der Waals surface area (Å²) in [6.07, 6.45) is 0. The van der Waals surface area contributed by atoms with E-state index in [0.29, 0.717) is 6.07 Å². The number of hydrogen-bond acceptors (Lipinski definition) is 6. The number of aromatic carboxylic acids is 1. The molecule has 0 saturated heterocycles. The normalized spacial score (nSPS) is 9.14. The minimum absolute atomic E-state index is 0. The Hall–Kier alpha value is -1.51. The van der Waals surface area contributed by atoms with Crippen molar-refractivity contribution in [2.24, 2.45) is 0 Å². The van der Waals surface area contributed by atoms with E-state index < -0.39 is 34.5 Å². The standard InChI is InChI=1S/C7H6O6.Li/c8-3-1-2(7(12)13)4(9)6(11)5(3)10;/h1,8-11H,(H,12,13);/q;+1/p-1. The van der Waals surface area contributed by atoms with Crippen molar-refractivity contribution in [3.05, 3.63) is 11.6 Å². The second kappa shape index (κ2) is 4.13.